The largest absolute Gasteiger partial charge is 0.329 e. The molecule has 0 atom stereocenters. The van der Waals surface area contributed by atoms with Crippen LogP contribution in [-0.4, -0.2) is 44.1 Å². The minimum absolute atomic E-state index is 0.00334. The zero-order valence-electron chi connectivity index (χ0n) is 10.4. The van der Waals surface area contributed by atoms with E-state index in [2.05, 4.69) is 5.32 Å². The maximum Gasteiger partial charge on any atom is 0.324 e. The molecule has 1 aromatic rings. The van der Waals surface area contributed by atoms with Gasteiger partial charge in [-0.05, 0) is 18.2 Å². The van der Waals surface area contributed by atoms with Crippen LogP contribution in [0.4, 0.5) is 4.79 Å². The molecule has 0 radical (unpaired) electrons. The summed E-state index contributed by atoms with van der Waals surface area (Å²) in [5, 5.41) is 11.1. The molecule has 1 fully saturated rings. The molecule has 0 bridgehead atoms. The van der Waals surface area contributed by atoms with Crippen molar-refractivity contribution in [3.8, 4) is 6.07 Å². The van der Waals surface area contributed by atoms with Gasteiger partial charge < -0.3 is 5.32 Å². The summed E-state index contributed by atoms with van der Waals surface area (Å²) in [6.45, 7) is -0.313. The normalized spacial score (nSPS) is 15.1. The van der Waals surface area contributed by atoms with Crippen molar-refractivity contribution in [2.45, 2.75) is 4.90 Å². The molecule has 1 aliphatic rings. The molecule has 7 nitrogen and oxygen atoms in total. The quantitative estimate of drug-likeness (QED) is 0.779. The standard InChI is InChI=1S/C12H11N3O4S/c13-7-9-2-1-3-10(6-9)20(18,19)5-4-15-11(16)8-14-12(15)17/h1-3,6H,4-5,8H2,(H,14,17). The second-order valence-electron chi connectivity index (χ2n) is 4.16. The van der Waals surface area contributed by atoms with Gasteiger partial charge in [-0.3, -0.25) is 9.69 Å². The summed E-state index contributed by atoms with van der Waals surface area (Å²) < 4.78 is 24.2. The number of carbonyl (C=O) groups is 2. The SMILES string of the molecule is N#Cc1cccc(S(=O)(=O)CCN2C(=O)CNC2=O)c1. The van der Waals surface area contributed by atoms with E-state index in [4.69, 9.17) is 5.26 Å². The van der Waals surface area contributed by atoms with Crippen molar-refractivity contribution in [3.05, 3.63) is 29.8 Å². The number of nitriles is 1. The number of urea groups is 1. The average Bonchev–Trinajstić information content (AvgIpc) is 2.76. The summed E-state index contributed by atoms with van der Waals surface area (Å²) >= 11 is 0. The van der Waals surface area contributed by atoms with E-state index in [1.165, 1.54) is 24.3 Å². The van der Waals surface area contributed by atoms with Crippen LogP contribution in [0.3, 0.4) is 0 Å². The molecule has 0 aliphatic carbocycles. The van der Waals surface area contributed by atoms with Crippen LogP contribution < -0.4 is 5.32 Å². The van der Waals surface area contributed by atoms with Gasteiger partial charge in [-0.2, -0.15) is 5.26 Å². The van der Waals surface area contributed by atoms with Gasteiger partial charge in [0.1, 0.15) is 0 Å². The lowest BCUT2D eigenvalue weighted by Gasteiger charge is -2.12. The molecule has 1 saturated heterocycles. The molecule has 8 heteroatoms. The van der Waals surface area contributed by atoms with E-state index in [0.717, 1.165) is 4.90 Å². The van der Waals surface area contributed by atoms with Crippen molar-refractivity contribution in [1.29, 1.82) is 5.26 Å². The lowest BCUT2D eigenvalue weighted by Crippen LogP contribution is -2.35. The maximum atomic E-state index is 12.1. The first-order valence-electron chi connectivity index (χ1n) is 5.75. The fourth-order valence-corrected chi connectivity index (χ4v) is 3.02. The van der Waals surface area contributed by atoms with Gasteiger partial charge in [-0.25, -0.2) is 13.2 Å². The minimum atomic E-state index is -3.65. The molecule has 1 N–H and O–H groups in total. The van der Waals surface area contributed by atoms with Crippen LogP contribution in [0.2, 0.25) is 0 Å². The van der Waals surface area contributed by atoms with Gasteiger partial charge in [0.05, 0.1) is 28.8 Å². The number of imide groups is 1. The van der Waals surface area contributed by atoms with Crippen LogP contribution >= 0.6 is 0 Å². The molecule has 1 heterocycles. The Balaban J connectivity index is 2.13. The summed E-state index contributed by atoms with van der Waals surface area (Å²) in [6.07, 6.45) is 0. The predicted molar refractivity (Wildman–Crippen MR) is 68.3 cm³/mol. The van der Waals surface area contributed by atoms with Crippen LogP contribution in [0.15, 0.2) is 29.2 Å². The first kappa shape index (κ1) is 14.0. The first-order chi connectivity index (χ1) is 9.44. The lowest BCUT2D eigenvalue weighted by atomic mass is 10.2. The van der Waals surface area contributed by atoms with Gasteiger partial charge in [-0.1, -0.05) is 6.07 Å². The lowest BCUT2D eigenvalue weighted by molar-refractivity contribution is -0.124. The molecule has 1 aliphatic heterocycles. The second kappa shape index (κ2) is 5.30. The third-order valence-corrected chi connectivity index (χ3v) is 4.54. The number of nitrogens with zero attached hydrogens (tertiary/aromatic N) is 2. The Bertz CT molecular complexity index is 690. The van der Waals surface area contributed by atoms with Crippen LogP contribution in [-0.2, 0) is 14.6 Å². The van der Waals surface area contributed by atoms with Gasteiger partial charge in [0.25, 0.3) is 0 Å². The van der Waals surface area contributed by atoms with Gasteiger partial charge in [0, 0.05) is 6.54 Å². The zero-order chi connectivity index (χ0) is 14.8. The highest BCUT2D eigenvalue weighted by Gasteiger charge is 2.29. The van der Waals surface area contributed by atoms with Crippen LogP contribution in [0.5, 0.6) is 0 Å². The molecule has 0 aromatic heterocycles. The molecular weight excluding hydrogens is 282 g/mol. The van der Waals surface area contributed by atoms with Crippen molar-refractivity contribution in [2.75, 3.05) is 18.8 Å². The summed E-state index contributed by atoms with van der Waals surface area (Å²) in [5.74, 6) is -0.822. The highest BCUT2D eigenvalue weighted by Crippen LogP contribution is 2.13. The fourth-order valence-electron chi connectivity index (χ4n) is 1.77. The number of carbonyl (C=O) groups excluding carboxylic acids is 2. The monoisotopic (exact) mass is 293 g/mol. The average molecular weight is 293 g/mol. The molecule has 2 rings (SSSR count). The van der Waals surface area contributed by atoms with Gasteiger partial charge in [0.15, 0.2) is 9.84 Å². The molecule has 0 spiro atoms. The zero-order valence-corrected chi connectivity index (χ0v) is 11.2. The summed E-state index contributed by atoms with van der Waals surface area (Å²) in [5.41, 5.74) is 0.237. The highest BCUT2D eigenvalue weighted by atomic mass is 32.2. The summed E-state index contributed by atoms with van der Waals surface area (Å²) in [6, 6.07) is 6.88. The smallest absolute Gasteiger partial charge is 0.324 e. The van der Waals surface area contributed by atoms with E-state index < -0.39 is 21.8 Å². The Morgan fingerprint density at radius 1 is 1.35 bits per heavy atom. The molecule has 1 aromatic carbocycles. The molecule has 0 saturated carbocycles. The maximum absolute atomic E-state index is 12.1. The third-order valence-electron chi connectivity index (χ3n) is 2.84. The van der Waals surface area contributed by atoms with E-state index in [1.807, 2.05) is 6.07 Å². The Morgan fingerprint density at radius 2 is 2.10 bits per heavy atom. The highest BCUT2D eigenvalue weighted by molar-refractivity contribution is 7.91. The number of nitrogens with one attached hydrogen (secondary N) is 1. The molecule has 0 unspecified atom stereocenters. The van der Waals surface area contributed by atoms with Crippen LogP contribution in [0.25, 0.3) is 0 Å². The fraction of sp³-hybridized carbons (Fsp3) is 0.250. The van der Waals surface area contributed by atoms with Gasteiger partial charge >= 0.3 is 6.03 Å². The minimum Gasteiger partial charge on any atom is -0.329 e. The number of sulfone groups is 1. The Labute approximate surface area is 115 Å². The van der Waals surface area contributed by atoms with Crippen molar-refractivity contribution in [1.82, 2.24) is 10.2 Å². The summed E-state index contributed by atoms with van der Waals surface area (Å²) in [4.78, 5) is 23.5. The molecule has 3 amide bonds. The number of benzene rings is 1. The topological polar surface area (TPSA) is 107 Å². The van der Waals surface area contributed by atoms with E-state index >= 15 is 0 Å². The van der Waals surface area contributed by atoms with E-state index in [0.29, 0.717) is 0 Å². The number of amides is 3. The summed E-state index contributed by atoms with van der Waals surface area (Å²) in [7, 11) is -3.65. The van der Waals surface area contributed by atoms with Crippen LogP contribution in [0, 0.1) is 11.3 Å². The number of rotatable bonds is 4. The molecule has 20 heavy (non-hydrogen) atoms. The first-order valence-corrected chi connectivity index (χ1v) is 7.40. The third kappa shape index (κ3) is 2.78. The number of hydrogen-bond donors (Lipinski definition) is 1. The van der Waals surface area contributed by atoms with Crippen LogP contribution in [0.1, 0.15) is 5.56 Å². The van der Waals surface area contributed by atoms with Crippen molar-refractivity contribution >= 4 is 21.8 Å². The second-order valence-corrected chi connectivity index (χ2v) is 6.27. The van der Waals surface area contributed by atoms with Gasteiger partial charge in [0.2, 0.25) is 5.91 Å². The van der Waals surface area contributed by atoms with Crippen molar-refractivity contribution < 1.29 is 18.0 Å². The van der Waals surface area contributed by atoms with E-state index in [-0.39, 0.29) is 29.3 Å². The molecule has 104 valence electrons. The van der Waals surface area contributed by atoms with Gasteiger partial charge in [-0.15, -0.1) is 0 Å². The molecular formula is C12H11N3O4S. The van der Waals surface area contributed by atoms with E-state index in [9.17, 15) is 18.0 Å². The van der Waals surface area contributed by atoms with Crippen molar-refractivity contribution in [2.24, 2.45) is 0 Å². The predicted octanol–water partition coefficient (Wildman–Crippen LogP) is -0.116. The Kier molecular flexibility index (Phi) is 3.72. The number of hydrogen-bond acceptors (Lipinski definition) is 5. The Morgan fingerprint density at radius 3 is 2.70 bits per heavy atom. The van der Waals surface area contributed by atoms with E-state index in [1.54, 1.807) is 0 Å². The van der Waals surface area contributed by atoms with Crippen molar-refractivity contribution in [3.63, 3.8) is 0 Å². The Hall–Kier alpha value is -2.40.